The Morgan fingerprint density at radius 3 is 2.50 bits per heavy atom. The van der Waals surface area contributed by atoms with Crippen LogP contribution >= 0.6 is 0 Å². The number of pyridine rings is 1. The molecule has 0 aliphatic carbocycles. The summed E-state index contributed by atoms with van der Waals surface area (Å²) in [5.74, 6) is 3.35. The smallest absolute Gasteiger partial charge is 0.265 e. The lowest BCUT2D eigenvalue weighted by Gasteiger charge is -2.10. The Bertz CT molecular complexity index is 1300. The topological polar surface area (TPSA) is 77.2 Å². The molecule has 0 saturated carbocycles. The van der Waals surface area contributed by atoms with E-state index in [0.717, 1.165) is 28.7 Å². The summed E-state index contributed by atoms with van der Waals surface area (Å²) in [6.45, 7) is 0.283. The van der Waals surface area contributed by atoms with E-state index >= 15 is 0 Å². The highest BCUT2D eigenvalue weighted by Crippen LogP contribution is 2.23. The van der Waals surface area contributed by atoms with Crippen molar-refractivity contribution in [3.8, 4) is 5.75 Å². The third kappa shape index (κ3) is 4.79. The second-order valence-corrected chi connectivity index (χ2v) is 7.01. The third-order valence-electron chi connectivity index (χ3n) is 4.84. The quantitative estimate of drug-likeness (QED) is 0.154. The first-order valence-corrected chi connectivity index (χ1v) is 9.79. The van der Waals surface area contributed by atoms with Crippen molar-refractivity contribution < 1.29 is 18.3 Å². The molecule has 4 aromatic rings. The number of amides is 1. The number of nitrogens with one attached hydrogen (secondary N) is 1. The van der Waals surface area contributed by atoms with E-state index in [4.69, 9.17) is 10.6 Å². The van der Waals surface area contributed by atoms with Crippen molar-refractivity contribution in [1.82, 2.24) is 10.4 Å². The summed E-state index contributed by atoms with van der Waals surface area (Å²) >= 11 is 0. The van der Waals surface area contributed by atoms with E-state index in [-0.39, 0.29) is 12.2 Å². The van der Waals surface area contributed by atoms with Crippen LogP contribution in [-0.4, -0.2) is 10.9 Å². The molecule has 4 rings (SSSR count). The van der Waals surface area contributed by atoms with Crippen LogP contribution in [0.3, 0.4) is 0 Å². The first kappa shape index (κ1) is 21.1. The van der Waals surface area contributed by atoms with Crippen LogP contribution in [0.25, 0.3) is 22.6 Å². The van der Waals surface area contributed by atoms with Crippen molar-refractivity contribution in [3.63, 3.8) is 0 Å². The van der Waals surface area contributed by atoms with Gasteiger partial charge in [0.05, 0.1) is 11.2 Å². The molecule has 5 nitrogen and oxygen atoms in total. The number of nitrogens with zero attached hydrogens (tertiary/aromatic N) is 1. The number of para-hydroxylation sites is 1. The lowest BCUT2D eigenvalue weighted by Crippen LogP contribution is -2.30. The first-order valence-electron chi connectivity index (χ1n) is 9.79. The molecule has 32 heavy (non-hydrogen) atoms. The normalized spacial score (nSPS) is 11.4. The number of hydrazine groups is 1. The van der Waals surface area contributed by atoms with E-state index in [1.165, 1.54) is 12.1 Å². The summed E-state index contributed by atoms with van der Waals surface area (Å²) in [4.78, 5) is 16.8. The minimum Gasteiger partial charge on any atom is -0.487 e. The maximum absolute atomic E-state index is 13.5. The standard InChI is InChI=1S/C25H19F2N3O2/c26-22-12-5-16(14-23(22)27)13-21(25(31)30-28)17-7-10-20(11-8-17)32-15-19-9-6-18-3-1-2-4-24(18)29-19/h1-14H,15,28H2,(H,30,31). The number of fused-ring (bicyclic) bond motifs is 1. The minimum absolute atomic E-state index is 0.196. The molecule has 3 aromatic carbocycles. The van der Waals surface area contributed by atoms with Crippen LogP contribution in [0, 0.1) is 11.6 Å². The number of rotatable bonds is 6. The average molecular weight is 431 g/mol. The Kier molecular flexibility index (Phi) is 6.19. The second-order valence-electron chi connectivity index (χ2n) is 7.01. The molecule has 7 heteroatoms. The molecule has 0 radical (unpaired) electrons. The van der Waals surface area contributed by atoms with Crippen LogP contribution in [0.4, 0.5) is 8.78 Å². The van der Waals surface area contributed by atoms with Gasteiger partial charge in [-0.1, -0.05) is 42.5 Å². The highest BCUT2D eigenvalue weighted by molar-refractivity contribution is 6.24. The number of hydrogen-bond donors (Lipinski definition) is 2. The van der Waals surface area contributed by atoms with Crippen molar-refractivity contribution in [1.29, 1.82) is 0 Å². The largest absolute Gasteiger partial charge is 0.487 e. The molecule has 0 aliphatic rings. The van der Waals surface area contributed by atoms with Crippen LogP contribution in [-0.2, 0) is 11.4 Å². The zero-order valence-electron chi connectivity index (χ0n) is 16.9. The van der Waals surface area contributed by atoms with Crippen LogP contribution in [0.1, 0.15) is 16.8 Å². The molecular formula is C25H19F2N3O2. The maximum Gasteiger partial charge on any atom is 0.265 e. The molecule has 0 bridgehead atoms. The van der Waals surface area contributed by atoms with Crippen molar-refractivity contribution in [2.75, 3.05) is 0 Å². The predicted molar refractivity (Wildman–Crippen MR) is 119 cm³/mol. The Morgan fingerprint density at radius 1 is 0.969 bits per heavy atom. The number of carbonyl (C=O) groups excluding carboxylic acids is 1. The Balaban J connectivity index is 1.52. The van der Waals surface area contributed by atoms with Gasteiger partial charge in [0, 0.05) is 11.0 Å². The highest BCUT2D eigenvalue weighted by atomic mass is 19.2. The Hall–Kier alpha value is -4.10. The van der Waals surface area contributed by atoms with Gasteiger partial charge in [-0.05, 0) is 53.6 Å². The maximum atomic E-state index is 13.5. The Labute approximate surface area is 183 Å². The first-order chi connectivity index (χ1) is 15.5. The lowest BCUT2D eigenvalue weighted by atomic mass is 10.0. The molecule has 160 valence electrons. The number of aromatic nitrogens is 1. The van der Waals surface area contributed by atoms with Gasteiger partial charge in [-0.15, -0.1) is 0 Å². The van der Waals surface area contributed by atoms with E-state index < -0.39 is 17.5 Å². The highest BCUT2D eigenvalue weighted by Gasteiger charge is 2.12. The van der Waals surface area contributed by atoms with Gasteiger partial charge < -0.3 is 4.74 Å². The number of ether oxygens (including phenoxy) is 1. The summed E-state index contributed by atoms with van der Waals surface area (Å²) in [5, 5.41) is 1.05. The van der Waals surface area contributed by atoms with Gasteiger partial charge in [-0.3, -0.25) is 10.2 Å². The van der Waals surface area contributed by atoms with Gasteiger partial charge in [-0.2, -0.15) is 0 Å². The fourth-order valence-electron chi connectivity index (χ4n) is 3.20. The van der Waals surface area contributed by atoms with Crippen molar-refractivity contribution in [2.24, 2.45) is 5.84 Å². The van der Waals surface area contributed by atoms with E-state index in [2.05, 4.69) is 10.4 Å². The van der Waals surface area contributed by atoms with Crippen molar-refractivity contribution in [2.45, 2.75) is 6.61 Å². The summed E-state index contributed by atoms with van der Waals surface area (Å²) < 4.78 is 32.5. The summed E-state index contributed by atoms with van der Waals surface area (Å²) in [5.41, 5.74) is 4.81. The molecule has 1 amide bonds. The average Bonchev–Trinajstić information content (AvgIpc) is 2.83. The van der Waals surface area contributed by atoms with Gasteiger partial charge in [0.2, 0.25) is 0 Å². The van der Waals surface area contributed by atoms with E-state index in [0.29, 0.717) is 16.9 Å². The molecule has 3 N–H and O–H groups in total. The van der Waals surface area contributed by atoms with Gasteiger partial charge in [-0.25, -0.2) is 19.6 Å². The van der Waals surface area contributed by atoms with Gasteiger partial charge in [0.1, 0.15) is 12.4 Å². The van der Waals surface area contributed by atoms with Gasteiger partial charge >= 0.3 is 0 Å². The molecule has 0 fully saturated rings. The van der Waals surface area contributed by atoms with Gasteiger partial charge in [0.15, 0.2) is 11.6 Å². The molecule has 0 atom stereocenters. The summed E-state index contributed by atoms with van der Waals surface area (Å²) in [6, 6.07) is 21.9. The van der Waals surface area contributed by atoms with Crippen LogP contribution in [0.15, 0.2) is 78.9 Å². The van der Waals surface area contributed by atoms with Crippen LogP contribution < -0.4 is 16.0 Å². The second kappa shape index (κ2) is 9.36. The fourth-order valence-corrected chi connectivity index (χ4v) is 3.20. The summed E-state index contributed by atoms with van der Waals surface area (Å²) in [6.07, 6.45) is 1.43. The number of halogens is 2. The minimum atomic E-state index is -1.00. The SMILES string of the molecule is NNC(=O)C(=Cc1ccc(F)c(F)c1)c1ccc(OCc2ccc3ccccc3n2)cc1. The van der Waals surface area contributed by atoms with E-state index in [1.807, 2.05) is 36.4 Å². The monoisotopic (exact) mass is 431 g/mol. The number of carbonyl (C=O) groups is 1. The zero-order valence-corrected chi connectivity index (χ0v) is 16.9. The predicted octanol–water partition coefficient (Wildman–Crippen LogP) is 4.62. The Morgan fingerprint density at radius 2 is 1.75 bits per heavy atom. The molecule has 1 heterocycles. The van der Waals surface area contributed by atoms with Crippen LogP contribution in [0.5, 0.6) is 5.75 Å². The lowest BCUT2D eigenvalue weighted by molar-refractivity contribution is -0.115. The van der Waals surface area contributed by atoms with Crippen molar-refractivity contribution in [3.05, 3.63) is 107 Å². The number of nitrogens with two attached hydrogens (primary N) is 1. The van der Waals surface area contributed by atoms with Gasteiger partial charge in [0.25, 0.3) is 5.91 Å². The number of benzene rings is 3. The molecule has 0 aliphatic heterocycles. The number of hydrogen-bond acceptors (Lipinski definition) is 4. The summed E-state index contributed by atoms with van der Waals surface area (Å²) in [7, 11) is 0. The van der Waals surface area contributed by atoms with Crippen molar-refractivity contribution >= 4 is 28.5 Å². The molecule has 0 spiro atoms. The van der Waals surface area contributed by atoms with E-state index in [1.54, 1.807) is 24.3 Å². The van der Waals surface area contributed by atoms with E-state index in [9.17, 15) is 13.6 Å². The zero-order chi connectivity index (χ0) is 22.5. The molecular weight excluding hydrogens is 412 g/mol. The van der Waals surface area contributed by atoms with Crippen LogP contribution in [0.2, 0.25) is 0 Å². The third-order valence-corrected chi connectivity index (χ3v) is 4.84. The molecule has 1 aromatic heterocycles. The fraction of sp³-hybridized carbons (Fsp3) is 0.0400. The molecule has 0 unspecified atom stereocenters. The molecule has 0 saturated heterocycles.